The summed E-state index contributed by atoms with van der Waals surface area (Å²) < 4.78 is 0. The lowest BCUT2D eigenvalue weighted by Crippen LogP contribution is -2.42. The van der Waals surface area contributed by atoms with Crippen LogP contribution in [-0.4, -0.2) is 27.6 Å². The van der Waals surface area contributed by atoms with Gasteiger partial charge in [0.1, 0.15) is 5.60 Å². The van der Waals surface area contributed by atoms with Crippen molar-refractivity contribution in [2.45, 2.75) is 39.7 Å². The summed E-state index contributed by atoms with van der Waals surface area (Å²) in [7, 11) is 0. The average molecular weight is 276 g/mol. The highest BCUT2D eigenvalue weighted by molar-refractivity contribution is 5.97. The fraction of sp³-hybridized carbons (Fsp3) is 0.500. The first kappa shape index (κ1) is 14.7. The van der Waals surface area contributed by atoms with Crippen molar-refractivity contribution < 1.29 is 19.8 Å². The summed E-state index contributed by atoms with van der Waals surface area (Å²) in [5, 5.41) is 19.9. The van der Waals surface area contributed by atoms with Crippen LogP contribution in [0.1, 0.15) is 34.1 Å². The van der Waals surface area contributed by atoms with Crippen LogP contribution < -0.4 is 0 Å². The summed E-state index contributed by atoms with van der Waals surface area (Å²) in [6, 6.07) is 0. The predicted octanol–water partition coefficient (Wildman–Crippen LogP) is 2.25. The molecule has 4 heteroatoms. The summed E-state index contributed by atoms with van der Waals surface area (Å²) >= 11 is 0. The number of aliphatic hydroxyl groups is 1. The molecule has 2 rings (SSSR count). The van der Waals surface area contributed by atoms with E-state index in [4.69, 9.17) is 5.11 Å². The Morgan fingerprint density at radius 2 is 2.05 bits per heavy atom. The van der Waals surface area contributed by atoms with Crippen LogP contribution in [0.3, 0.4) is 0 Å². The summed E-state index contributed by atoms with van der Waals surface area (Å²) in [6.07, 6.45) is 5.44. The van der Waals surface area contributed by atoms with E-state index in [1.807, 2.05) is 6.92 Å². The minimum absolute atomic E-state index is 0.0806. The number of fused-ring (bicyclic) bond motifs is 1. The van der Waals surface area contributed by atoms with E-state index in [9.17, 15) is 14.7 Å². The van der Waals surface area contributed by atoms with Crippen LogP contribution in [-0.2, 0) is 9.59 Å². The van der Waals surface area contributed by atoms with Crippen molar-refractivity contribution in [3.05, 3.63) is 34.9 Å². The molecule has 0 saturated heterocycles. The monoisotopic (exact) mass is 276 g/mol. The zero-order valence-corrected chi connectivity index (χ0v) is 12.2. The van der Waals surface area contributed by atoms with Gasteiger partial charge in [-0.2, -0.15) is 0 Å². The summed E-state index contributed by atoms with van der Waals surface area (Å²) in [5.74, 6) is -1.01. The molecule has 0 heterocycles. The van der Waals surface area contributed by atoms with Gasteiger partial charge in [0, 0.05) is 16.9 Å². The fourth-order valence-electron chi connectivity index (χ4n) is 2.94. The van der Waals surface area contributed by atoms with Gasteiger partial charge in [-0.1, -0.05) is 13.0 Å². The largest absolute Gasteiger partial charge is 0.478 e. The Kier molecular flexibility index (Phi) is 3.25. The number of hydrogen-bond donors (Lipinski definition) is 2. The number of aliphatic carboxylic acids is 1. The molecule has 0 aromatic heterocycles. The molecule has 3 unspecified atom stereocenters. The van der Waals surface area contributed by atoms with Gasteiger partial charge in [0.15, 0.2) is 5.78 Å². The second-order valence-electron chi connectivity index (χ2n) is 6.12. The van der Waals surface area contributed by atoms with Crippen molar-refractivity contribution in [2.24, 2.45) is 11.3 Å². The average Bonchev–Trinajstić information content (AvgIpc) is 3.07. The van der Waals surface area contributed by atoms with Crippen LogP contribution >= 0.6 is 0 Å². The molecule has 2 N–H and O–H groups in total. The maximum atomic E-state index is 11.8. The molecule has 0 amide bonds. The minimum Gasteiger partial charge on any atom is -0.478 e. The molecule has 0 aliphatic heterocycles. The second-order valence-corrected chi connectivity index (χ2v) is 6.12. The van der Waals surface area contributed by atoms with Crippen molar-refractivity contribution in [3.63, 3.8) is 0 Å². The molecule has 2 aliphatic carbocycles. The summed E-state index contributed by atoms with van der Waals surface area (Å²) in [5.41, 5.74) is -0.175. The molecule has 1 fully saturated rings. The number of carbonyl (C=O) groups excluding carboxylic acids is 1. The quantitative estimate of drug-likeness (QED) is 0.612. The van der Waals surface area contributed by atoms with E-state index in [1.165, 1.54) is 13.0 Å². The Bertz CT molecular complexity index is 581. The lowest BCUT2D eigenvalue weighted by atomic mass is 9.73. The lowest BCUT2D eigenvalue weighted by Gasteiger charge is -2.36. The third kappa shape index (κ3) is 1.95. The van der Waals surface area contributed by atoms with Gasteiger partial charge >= 0.3 is 5.97 Å². The topological polar surface area (TPSA) is 74.6 Å². The number of rotatable bonds is 3. The van der Waals surface area contributed by atoms with Crippen molar-refractivity contribution in [1.29, 1.82) is 0 Å². The molecular formula is C16H20O4. The van der Waals surface area contributed by atoms with Gasteiger partial charge in [0.2, 0.25) is 0 Å². The van der Waals surface area contributed by atoms with Gasteiger partial charge in [0.25, 0.3) is 0 Å². The lowest BCUT2D eigenvalue weighted by molar-refractivity contribution is -0.132. The predicted molar refractivity (Wildman–Crippen MR) is 75.1 cm³/mol. The normalized spacial score (nSPS) is 37.4. The van der Waals surface area contributed by atoms with Crippen LogP contribution in [0.25, 0.3) is 0 Å². The van der Waals surface area contributed by atoms with E-state index in [2.05, 4.69) is 0 Å². The first-order valence-corrected chi connectivity index (χ1v) is 6.68. The highest BCUT2D eigenvalue weighted by Gasteiger charge is 2.67. The highest BCUT2D eigenvalue weighted by atomic mass is 16.4. The number of carbonyl (C=O) groups is 2. The molecule has 0 bridgehead atoms. The maximum absolute atomic E-state index is 11.8. The smallest absolute Gasteiger partial charge is 0.331 e. The molecule has 0 radical (unpaired) electrons. The van der Waals surface area contributed by atoms with Crippen molar-refractivity contribution in [2.75, 3.05) is 0 Å². The van der Waals surface area contributed by atoms with Gasteiger partial charge in [-0.05, 0) is 50.5 Å². The first-order valence-electron chi connectivity index (χ1n) is 6.68. The van der Waals surface area contributed by atoms with Crippen LogP contribution in [0.5, 0.6) is 0 Å². The minimum atomic E-state index is -1.17. The summed E-state index contributed by atoms with van der Waals surface area (Å²) in [4.78, 5) is 22.7. The van der Waals surface area contributed by atoms with Crippen molar-refractivity contribution in [3.8, 4) is 0 Å². The van der Waals surface area contributed by atoms with Gasteiger partial charge in [-0.3, -0.25) is 4.79 Å². The Labute approximate surface area is 118 Å². The second kappa shape index (κ2) is 4.42. The molecule has 1 saturated carbocycles. The zero-order chi connectivity index (χ0) is 15.3. The molecule has 20 heavy (non-hydrogen) atoms. The Hall–Kier alpha value is -1.68. The van der Waals surface area contributed by atoms with Crippen LogP contribution in [0.15, 0.2) is 34.9 Å². The van der Waals surface area contributed by atoms with Gasteiger partial charge < -0.3 is 10.2 Å². The third-order valence-corrected chi connectivity index (χ3v) is 4.90. The van der Waals surface area contributed by atoms with E-state index in [0.717, 1.165) is 0 Å². The molecule has 3 atom stereocenters. The Morgan fingerprint density at radius 1 is 1.45 bits per heavy atom. The number of carboxylic acid groups (broad SMARTS) is 1. The van der Waals surface area contributed by atoms with Crippen molar-refractivity contribution in [1.82, 2.24) is 0 Å². The van der Waals surface area contributed by atoms with E-state index in [0.29, 0.717) is 17.6 Å². The molecule has 4 nitrogen and oxygen atoms in total. The number of hydrogen-bond acceptors (Lipinski definition) is 3. The molecule has 2 aliphatic rings. The SMILES string of the molecule is CC1=CC(=O)C2CC2(C)C1(O)C=CC(C)=C(C)C(=O)O. The molecule has 0 aromatic rings. The van der Waals surface area contributed by atoms with Gasteiger partial charge in [-0.15, -0.1) is 0 Å². The van der Waals surface area contributed by atoms with Crippen LogP contribution in [0, 0.1) is 11.3 Å². The van der Waals surface area contributed by atoms with E-state index in [-0.39, 0.29) is 17.3 Å². The maximum Gasteiger partial charge on any atom is 0.331 e. The van der Waals surface area contributed by atoms with Gasteiger partial charge in [0.05, 0.1) is 0 Å². The molecular weight excluding hydrogens is 256 g/mol. The van der Waals surface area contributed by atoms with Gasteiger partial charge in [-0.25, -0.2) is 4.79 Å². The molecule has 108 valence electrons. The van der Waals surface area contributed by atoms with E-state index < -0.39 is 17.0 Å². The van der Waals surface area contributed by atoms with Crippen molar-refractivity contribution >= 4 is 11.8 Å². The highest BCUT2D eigenvalue weighted by Crippen LogP contribution is 2.64. The molecule has 0 spiro atoms. The third-order valence-electron chi connectivity index (χ3n) is 4.90. The van der Waals surface area contributed by atoms with Crippen LogP contribution in [0.4, 0.5) is 0 Å². The zero-order valence-electron chi connectivity index (χ0n) is 12.2. The molecule has 0 aromatic carbocycles. The summed E-state index contributed by atoms with van der Waals surface area (Å²) in [6.45, 7) is 6.87. The van der Waals surface area contributed by atoms with Crippen LogP contribution in [0.2, 0.25) is 0 Å². The number of ketones is 1. The number of carboxylic acids is 1. The van der Waals surface area contributed by atoms with E-state index in [1.54, 1.807) is 26.0 Å². The Morgan fingerprint density at radius 3 is 2.60 bits per heavy atom. The van der Waals surface area contributed by atoms with E-state index >= 15 is 0 Å². The Balaban J connectivity index is 2.37. The fourth-order valence-corrected chi connectivity index (χ4v) is 2.94. The number of allylic oxidation sites excluding steroid dienone is 3. The standard InChI is InChI=1S/C16H20O4/c1-9(11(3)14(18)19)5-6-16(20)10(2)7-13(17)12-8-15(12,16)4/h5-7,12,20H,8H2,1-4H3,(H,18,19). The first-order chi connectivity index (χ1) is 9.13.